The number of methoxy groups -OCH3 is 1. The lowest BCUT2D eigenvalue weighted by atomic mass is 10.2. The molecule has 0 spiro atoms. The molecule has 0 saturated carbocycles. The highest BCUT2D eigenvalue weighted by Gasteiger charge is 2.09. The zero-order valence-corrected chi connectivity index (χ0v) is 19.4. The summed E-state index contributed by atoms with van der Waals surface area (Å²) in [5, 5.41) is 7.69. The van der Waals surface area contributed by atoms with Crippen molar-refractivity contribution in [2.45, 2.75) is 13.5 Å². The molecule has 3 aromatic carbocycles. The maximum Gasteiger partial charge on any atom is 0.271 e. The summed E-state index contributed by atoms with van der Waals surface area (Å²) in [7, 11) is 1.53. The molecule has 0 radical (unpaired) electrons. The molecule has 0 aromatic heterocycles. The molecule has 0 aliphatic rings. The van der Waals surface area contributed by atoms with E-state index >= 15 is 0 Å². The van der Waals surface area contributed by atoms with E-state index in [1.807, 2.05) is 0 Å². The van der Waals surface area contributed by atoms with Crippen molar-refractivity contribution in [3.63, 3.8) is 0 Å². The zero-order chi connectivity index (χ0) is 23.8. The number of nitrogens with zero attached hydrogens (tertiary/aromatic N) is 1. The van der Waals surface area contributed by atoms with E-state index < -0.39 is 5.91 Å². The van der Waals surface area contributed by atoms with Crippen LogP contribution in [-0.4, -0.2) is 25.1 Å². The van der Waals surface area contributed by atoms with Gasteiger partial charge >= 0.3 is 0 Å². The summed E-state index contributed by atoms with van der Waals surface area (Å²) in [4.78, 5) is 23.5. The molecular weight excluding hydrogens is 465 g/mol. The van der Waals surface area contributed by atoms with Crippen LogP contribution in [0.2, 0.25) is 10.0 Å². The SMILES string of the molecule is COc1cc(C=NNC(=O)c2cccc(NC(C)=O)c2)ccc1OCc1ccc(Cl)cc1Cl. The number of nitrogens with one attached hydrogen (secondary N) is 2. The van der Waals surface area contributed by atoms with Gasteiger partial charge in [-0.3, -0.25) is 9.59 Å². The van der Waals surface area contributed by atoms with Crippen LogP contribution in [0.5, 0.6) is 11.5 Å². The van der Waals surface area contributed by atoms with Gasteiger partial charge in [-0.25, -0.2) is 5.43 Å². The number of hydrogen-bond acceptors (Lipinski definition) is 5. The number of rotatable bonds is 8. The normalized spacial score (nSPS) is 10.7. The van der Waals surface area contributed by atoms with E-state index in [1.54, 1.807) is 60.7 Å². The quantitative estimate of drug-likeness (QED) is 0.334. The first-order valence-corrected chi connectivity index (χ1v) is 10.6. The minimum Gasteiger partial charge on any atom is -0.493 e. The number of benzene rings is 3. The van der Waals surface area contributed by atoms with E-state index in [2.05, 4.69) is 15.8 Å². The second-order valence-corrected chi connectivity index (χ2v) is 7.74. The first-order chi connectivity index (χ1) is 15.9. The minimum absolute atomic E-state index is 0.219. The van der Waals surface area contributed by atoms with Crippen LogP contribution in [-0.2, 0) is 11.4 Å². The van der Waals surface area contributed by atoms with Crippen LogP contribution in [0, 0.1) is 0 Å². The fourth-order valence-electron chi connectivity index (χ4n) is 2.85. The average molecular weight is 486 g/mol. The van der Waals surface area contributed by atoms with Crippen LogP contribution in [0.25, 0.3) is 0 Å². The standard InChI is InChI=1S/C24H21Cl2N3O4/c1-15(30)28-20-5-3-4-17(11-20)24(31)29-27-13-16-6-9-22(23(10-16)32-2)33-14-18-7-8-19(25)12-21(18)26/h3-13H,14H2,1-2H3,(H,28,30)(H,29,31). The molecule has 7 nitrogen and oxygen atoms in total. The molecule has 0 unspecified atom stereocenters. The summed E-state index contributed by atoms with van der Waals surface area (Å²) in [5.41, 5.74) is 4.83. The molecule has 0 bridgehead atoms. The number of amides is 2. The Kier molecular flexibility index (Phi) is 8.29. The molecule has 0 heterocycles. The predicted molar refractivity (Wildman–Crippen MR) is 130 cm³/mol. The zero-order valence-electron chi connectivity index (χ0n) is 17.9. The van der Waals surface area contributed by atoms with Crippen LogP contribution in [0.1, 0.15) is 28.4 Å². The van der Waals surface area contributed by atoms with Crippen molar-refractivity contribution < 1.29 is 19.1 Å². The Morgan fingerprint density at radius 1 is 1.03 bits per heavy atom. The highest BCUT2D eigenvalue weighted by Crippen LogP contribution is 2.29. The van der Waals surface area contributed by atoms with E-state index in [0.717, 1.165) is 5.56 Å². The summed E-state index contributed by atoms with van der Waals surface area (Å²) in [6.45, 7) is 1.64. The maximum atomic E-state index is 12.3. The lowest BCUT2D eigenvalue weighted by molar-refractivity contribution is -0.114. The molecule has 0 saturated heterocycles. The summed E-state index contributed by atoms with van der Waals surface area (Å²) >= 11 is 12.1. The van der Waals surface area contributed by atoms with Gasteiger partial charge in [0.05, 0.1) is 13.3 Å². The van der Waals surface area contributed by atoms with Crippen LogP contribution in [0.3, 0.4) is 0 Å². The van der Waals surface area contributed by atoms with Crippen LogP contribution in [0.4, 0.5) is 5.69 Å². The Bertz CT molecular complexity index is 1200. The Balaban J connectivity index is 1.63. The number of hydrazone groups is 1. The van der Waals surface area contributed by atoms with Gasteiger partial charge in [0.2, 0.25) is 5.91 Å². The maximum absolute atomic E-state index is 12.3. The van der Waals surface area contributed by atoms with Gasteiger partial charge in [0, 0.05) is 33.8 Å². The lowest BCUT2D eigenvalue weighted by Gasteiger charge is -2.12. The first kappa shape index (κ1) is 24.1. The van der Waals surface area contributed by atoms with Crippen molar-refractivity contribution in [3.8, 4) is 11.5 Å². The molecule has 2 N–H and O–H groups in total. The van der Waals surface area contributed by atoms with Crippen molar-refractivity contribution in [2.75, 3.05) is 12.4 Å². The molecule has 9 heteroatoms. The van der Waals surface area contributed by atoms with Crippen molar-refractivity contribution in [2.24, 2.45) is 5.10 Å². The second kappa shape index (κ2) is 11.4. The van der Waals surface area contributed by atoms with Gasteiger partial charge in [0.15, 0.2) is 11.5 Å². The van der Waals surface area contributed by atoms with Gasteiger partial charge in [-0.2, -0.15) is 5.10 Å². The number of carbonyl (C=O) groups excluding carboxylic acids is 2. The molecule has 170 valence electrons. The van der Waals surface area contributed by atoms with Crippen LogP contribution in [0.15, 0.2) is 65.8 Å². The summed E-state index contributed by atoms with van der Waals surface area (Å²) in [5.74, 6) is 0.395. The van der Waals surface area contributed by atoms with Crippen molar-refractivity contribution in [1.82, 2.24) is 5.43 Å². The summed E-state index contributed by atoms with van der Waals surface area (Å²) in [6.07, 6.45) is 1.48. The molecule has 0 aliphatic carbocycles. The monoisotopic (exact) mass is 485 g/mol. The largest absolute Gasteiger partial charge is 0.493 e. The smallest absolute Gasteiger partial charge is 0.271 e. The summed E-state index contributed by atoms with van der Waals surface area (Å²) in [6, 6.07) is 17.0. The van der Waals surface area contributed by atoms with Gasteiger partial charge in [0.25, 0.3) is 5.91 Å². The van der Waals surface area contributed by atoms with Gasteiger partial charge in [-0.15, -0.1) is 0 Å². The van der Waals surface area contributed by atoms with Crippen molar-refractivity contribution >= 4 is 46.9 Å². The van der Waals surface area contributed by atoms with E-state index in [9.17, 15) is 9.59 Å². The molecule has 0 fully saturated rings. The third kappa shape index (κ3) is 6.97. The molecule has 2 amide bonds. The number of hydrogen-bond donors (Lipinski definition) is 2. The number of carbonyl (C=O) groups is 2. The third-order valence-corrected chi connectivity index (χ3v) is 5.00. The fraction of sp³-hybridized carbons (Fsp3) is 0.125. The molecule has 0 atom stereocenters. The molecule has 0 aliphatic heterocycles. The highest BCUT2D eigenvalue weighted by atomic mass is 35.5. The molecular formula is C24H21Cl2N3O4. The van der Waals surface area contributed by atoms with Gasteiger partial charge in [-0.05, 0) is 54.1 Å². The number of ether oxygens (including phenoxy) is 2. The topological polar surface area (TPSA) is 89.0 Å². The van der Waals surface area contributed by atoms with Gasteiger partial charge in [-0.1, -0.05) is 35.3 Å². The average Bonchev–Trinajstić information content (AvgIpc) is 2.78. The Morgan fingerprint density at radius 3 is 2.58 bits per heavy atom. The molecule has 3 rings (SSSR count). The van der Waals surface area contributed by atoms with Gasteiger partial charge in [0.1, 0.15) is 6.61 Å². The molecule has 3 aromatic rings. The lowest BCUT2D eigenvalue weighted by Crippen LogP contribution is -2.18. The Labute approximate surface area is 201 Å². The minimum atomic E-state index is -0.412. The molecule has 33 heavy (non-hydrogen) atoms. The Hall–Kier alpha value is -3.55. The van der Waals surface area contributed by atoms with Crippen LogP contribution < -0.4 is 20.2 Å². The van der Waals surface area contributed by atoms with Gasteiger partial charge < -0.3 is 14.8 Å². The number of anilines is 1. The third-order valence-electron chi connectivity index (χ3n) is 4.41. The van der Waals surface area contributed by atoms with E-state index in [0.29, 0.717) is 38.4 Å². The summed E-state index contributed by atoms with van der Waals surface area (Å²) < 4.78 is 11.2. The van der Waals surface area contributed by atoms with E-state index in [1.165, 1.54) is 20.2 Å². The second-order valence-electron chi connectivity index (χ2n) is 6.90. The predicted octanol–water partition coefficient (Wildman–Crippen LogP) is 5.30. The number of halogens is 2. The van der Waals surface area contributed by atoms with Crippen LogP contribution >= 0.6 is 23.2 Å². The highest BCUT2D eigenvalue weighted by molar-refractivity contribution is 6.35. The van der Waals surface area contributed by atoms with E-state index in [-0.39, 0.29) is 12.5 Å². The Morgan fingerprint density at radius 2 is 1.85 bits per heavy atom. The first-order valence-electron chi connectivity index (χ1n) is 9.81. The van der Waals surface area contributed by atoms with Crippen molar-refractivity contribution in [1.29, 1.82) is 0 Å². The van der Waals surface area contributed by atoms with Crippen molar-refractivity contribution in [3.05, 3.63) is 87.4 Å². The van der Waals surface area contributed by atoms with E-state index in [4.69, 9.17) is 32.7 Å². The fourth-order valence-corrected chi connectivity index (χ4v) is 3.31.